The second-order valence-corrected chi connectivity index (χ2v) is 2.20. The molecule has 0 N–H and O–H groups in total. The van der Waals surface area contributed by atoms with Gasteiger partial charge in [0.2, 0.25) is 0 Å². The van der Waals surface area contributed by atoms with E-state index >= 15 is 0 Å². The summed E-state index contributed by atoms with van der Waals surface area (Å²) in [6.07, 6.45) is 0. The summed E-state index contributed by atoms with van der Waals surface area (Å²) in [6.45, 7) is 3.97. The van der Waals surface area contributed by atoms with E-state index in [1.165, 1.54) is 0 Å². The van der Waals surface area contributed by atoms with E-state index < -0.39 is 8.03 Å². The molecule has 0 aromatic rings. The summed E-state index contributed by atoms with van der Waals surface area (Å²) in [4.78, 5) is 0. The second kappa shape index (κ2) is 7.19. The number of rotatable bonds is 2. The predicted octanol–water partition coefficient (Wildman–Crippen LogP) is 0.479. The first-order valence-electron chi connectivity index (χ1n) is 1.90. The Morgan fingerprint density at radius 2 is 2.14 bits per heavy atom. The van der Waals surface area contributed by atoms with Gasteiger partial charge in [-0.3, -0.25) is 4.57 Å². The molecule has 0 rings (SSSR count). The molecule has 4 heteroatoms. The minimum absolute atomic E-state index is 0. The average Bonchev–Trinajstić information content (AvgIpc) is 1.35. The molecule has 1 unspecified atom stereocenters. The van der Waals surface area contributed by atoms with E-state index in [9.17, 15) is 4.57 Å². The molecular formula is C3H10NaO2P. The third kappa shape index (κ3) is 11.0. The Morgan fingerprint density at radius 3 is 2.14 bits per heavy atom. The summed E-state index contributed by atoms with van der Waals surface area (Å²) in [5.41, 5.74) is 0. The van der Waals surface area contributed by atoms with Gasteiger partial charge in [0.15, 0.2) is 8.03 Å². The molecule has 0 radical (unpaired) electrons. The first-order valence-corrected chi connectivity index (χ1v) is 3.72. The van der Waals surface area contributed by atoms with Gasteiger partial charge in [-0.05, 0) is 6.92 Å². The van der Waals surface area contributed by atoms with Crippen molar-refractivity contribution in [3.05, 3.63) is 0 Å². The third-order valence-electron chi connectivity index (χ3n) is 0.348. The average molecular weight is 132 g/mol. The Hall–Kier alpha value is 1.19. The Kier molecular flexibility index (Phi) is 11.3. The van der Waals surface area contributed by atoms with Crippen molar-refractivity contribution in [2.24, 2.45) is 0 Å². The molecule has 0 aliphatic rings. The van der Waals surface area contributed by atoms with Gasteiger partial charge >= 0.3 is 29.6 Å². The van der Waals surface area contributed by atoms with Crippen LogP contribution in [0.25, 0.3) is 0 Å². The fourth-order valence-corrected chi connectivity index (χ4v) is 0.610. The van der Waals surface area contributed by atoms with Crippen LogP contribution < -0.4 is 0 Å². The topological polar surface area (TPSA) is 26.3 Å². The number of hydrogen-bond acceptors (Lipinski definition) is 2. The molecule has 0 heterocycles. The van der Waals surface area contributed by atoms with Gasteiger partial charge in [0.05, 0.1) is 6.61 Å². The van der Waals surface area contributed by atoms with Crippen molar-refractivity contribution in [2.45, 2.75) is 6.92 Å². The molecule has 0 fully saturated rings. The molecule has 40 valence electrons. The third-order valence-corrected chi connectivity index (χ3v) is 1.04. The van der Waals surface area contributed by atoms with E-state index in [0.717, 1.165) is 0 Å². The predicted molar refractivity (Wildman–Crippen MR) is 33.7 cm³/mol. The molecular weight excluding hydrogens is 122 g/mol. The van der Waals surface area contributed by atoms with Crippen LogP contribution in [0.5, 0.6) is 0 Å². The van der Waals surface area contributed by atoms with Crippen molar-refractivity contribution < 1.29 is 9.09 Å². The van der Waals surface area contributed by atoms with Crippen LogP contribution in [0.4, 0.5) is 0 Å². The molecule has 0 aromatic carbocycles. The van der Waals surface area contributed by atoms with Crippen LogP contribution >= 0.6 is 8.03 Å². The Bertz CT molecular complexity index is 56.9. The van der Waals surface area contributed by atoms with Crippen LogP contribution in [0.2, 0.25) is 0 Å². The molecule has 0 aromatic heterocycles. The molecule has 2 nitrogen and oxygen atoms in total. The van der Waals surface area contributed by atoms with Crippen LogP contribution in [0, 0.1) is 0 Å². The number of hydrogen-bond donors (Lipinski definition) is 0. The van der Waals surface area contributed by atoms with Gasteiger partial charge in [-0.15, -0.1) is 0 Å². The van der Waals surface area contributed by atoms with Gasteiger partial charge in [0.1, 0.15) is 0 Å². The zero-order chi connectivity index (χ0) is 4.99. The van der Waals surface area contributed by atoms with Crippen LogP contribution in [0.15, 0.2) is 0 Å². The quantitative estimate of drug-likeness (QED) is 0.403. The van der Waals surface area contributed by atoms with E-state index in [4.69, 9.17) is 0 Å². The Labute approximate surface area is 66.8 Å². The van der Waals surface area contributed by atoms with E-state index in [1.807, 2.05) is 6.92 Å². The molecule has 0 spiro atoms. The maximum absolute atomic E-state index is 10.0. The Morgan fingerprint density at radius 1 is 1.71 bits per heavy atom. The SMILES string of the molecule is CCO[PH](C)=O.[NaH]. The van der Waals surface area contributed by atoms with E-state index in [1.54, 1.807) is 6.66 Å². The Balaban J connectivity index is 0. The molecule has 0 saturated carbocycles. The van der Waals surface area contributed by atoms with Crippen molar-refractivity contribution in [2.75, 3.05) is 13.3 Å². The minimum atomic E-state index is -1.64. The summed E-state index contributed by atoms with van der Waals surface area (Å²) >= 11 is 0. The van der Waals surface area contributed by atoms with Crippen molar-refractivity contribution in [3.63, 3.8) is 0 Å². The van der Waals surface area contributed by atoms with Gasteiger partial charge in [-0.25, -0.2) is 0 Å². The van der Waals surface area contributed by atoms with Gasteiger partial charge in [0.25, 0.3) is 0 Å². The van der Waals surface area contributed by atoms with E-state index in [-0.39, 0.29) is 29.6 Å². The summed E-state index contributed by atoms with van der Waals surface area (Å²) in [5, 5.41) is 0. The van der Waals surface area contributed by atoms with Crippen LogP contribution in [0.1, 0.15) is 6.92 Å². The summed E-state index contributed by atoms with van der Waals surface area (Å²) in [6, 6.07) is 0. The zero-order valence-electron chi connectivity index (χ0n) is 4.02. The standard InChI is InChI=1S/C3H9O2P.Na.H/c1-3-5-6(2)4;;/h6H,3H2,1-2H3;;. The van der Waals surface area contributed by atoms with E-state index in [0.29, 0.717) is 6.61 Å². The maximum atomic E-state index is 10.0. The molecule has 0 amide bonds. The van der Waals surface area contributed by atoms with Crippen molar-refractivity contribution in [3.8, 4) is 0 Å². The van der Waals surface area contributed by atoms with Crippen molar-refractivity contribution >= 4 is 37.6 Å². The first kappa shape index (κ1) is 11.0. The monoisotopic (exact) mass is 132 g/mol. The van der Waals surface area contributed by atoms with Crippen LogP contribution in [-0.2, 0) is 9.09 Å². The van der Waals surface area contributed by atoms with Gasteiger partial charge < -0.3 is 4.52 Å². The first-order chi connectivity index (χ1) is 2.77. The van der Waals surface area contributed by atoms with Crippen LogP contribution in [0.3, 0.4) is 0 Å². The molecule has 0 bridgehead atoms. The molecule has 0 saturated heterocycles. The normalized spacial score (nSPS) is 12.3. The summed E-state index contributed by atoms with van der Waals surface area (Å²) < 4.78 is 14.6. The summed E-state index contributed by atoms with van der Waals surface area (Å²) in [7, 11) is -1.64. The molecule has 7 heavy (non-hydrogen) atoms. The van der Waals surface area contributed by atoms with Crippen molar-refractivity contribution in [1.82, 2.24) is 0 Å². The van der Waals surface area contributed by atoms with Gasteiger partial charge in [-0.2, -0.15) is 0 Å². The molecule has 0 aliphatic carbocycles. The fourth-order valence-electron chi connectivity index (χ4n) is 0.203. The van der Waals surface area contributed by atoms with E-state index in [2.05, 4.69) is 4.52 Å². The molecule has 1 atom stereocenters. The zero-order valence-corrected chi connectivity index (χ0v) is 5.02. The molecule has 0 aliphatic heterocycles. The van der Waals surface area contributed by atoms with Crippen molar-refractivity contribution in [1.29, 1.82) is 0 Å². The van der Waals surface area contributed by atoms with Gasteiger partial charge in [-0.1, -0.05) is 0 Å². The summed E-state index contributed by atoms with van der Waals surface area (Å²) in [5.74, 6) is 0. The van der Waals surface area contributed by atoms with Crippen LogP contribution in [-0.4, -0.2) is 42.8 Å². The second-order valence-electron chi connectivity index (χ2n) is 0.925. The van der Waals surface area contributed by atoms with Gasteiger partial charge in [0, 0.05) is 6.66 Å². The fraction of sp³-hybridized carbons (Fsp3) is 1.00.